The molecule has 0 fully saturated rings. The van der Waals surface area contributed by atoms with Crippen LogP contribution in [-0.4, -0.2) is 26.5 Å². The van der Waals surface area contributed by atoms with E-state index < -0.39 is 0 Å². The number of amides is 1. The first-order valence-corrected chi connectivity index (χ1v) is 9.35. The first-order valence-electron chi connectivity index (χ1n) is 8.56. The van der Waals surface area contributed by atoms with Gasteiger partial charge in [-0.3, -0.25) is 9.59 Å². The zero-order valence-electron chi connectivity index (χ0n) is 14.6. The molecule has 138 valence electrons. The fourth-order valence-corrected chi connectivity index (χ4v) is 2.90. The number of Topliss-reactive ketones (excluding diaryl/α,β-unsaturated/α-hetero) is 1. The van der Waals surface area contributed by atoms with E-state index in [9.17, 15) is 9.59 Å². The van der Waals surface area contributed by atoms with Gasteiger partial charge in [0.1, 0.15) is 12.7 Å². The Labute approximate surface area is 165 Å². The second-order valence-corrected chi connectivity index (χ2v) is 7.04. The predicted octanol–water partition coefficient (Wildman–Crippen LogP) is 3.37. The topological polar surface area (TPSA) is 76.9 Å². The first-order chi connectivity index (χ1) is 13.1. The van der Waals surface area contributed by atoms with Gasteiger partial charge in [-0.2, -0.15) is 5.10 Å². The summed E-state index contributed by atoms with van der Waals surface area (Å²) in [4.78, 5) is 28.1. The van der Waals surface area contributed by atoms with Gasteiger partial charge < -0.3 is 5.32 Å². The highest BCUT2D eigenvalue weighted by molar-refractivity contribution is 9.10. The molecule has 1 N–H and O–H groups in total. The summed E-state index contributed by atoms with van der Waals surface area (Å²) < 4.78 is 2.66. The molecule has 0 bridgehead atoms. The number of benzene rings is 2. The Morgan fingerprint density at radius 1 is 1.04 bits per heavy atom. The van der Waals surface area contributed by atoms with Gasteiger partial charge in [-0.05, 0) is 23.3 Å². The average molecular weight is 427 g/mol. The molecule has 0 aliphatic heterocycles. The van der Waals surface area contributed by atoms with Gasteiger partial charge in [0.2, 0.25) is 5.91 Å². The van der Waals surface area contributed by atoms with Crippen LogP contribution in [0.3, 0.4) is 0 Å². The zero-order chi connectivity index (χ0) is 19.1. The van der Waals surface area contributed by atoms with Crippen LogP contribution < -0.4 is 5.32 Å². The molecular formula is C20H19BrN4O2. The molecule has 0 spiro atoms. The lowest BCUT2D eigenvalue weighted by molar-refractivity contribution is -0.121. The largest absolute Gasteiger partial charge is 0.352 e. The molecule has 6 nitrogen and oxygen atoms in total. The molecule has 27 heavy (non-hydrogen) atoms. The van der Waals surface area contributed by atoms with Crippen molar-refractivity contribution in [2.75, 3.05) is 0 Å². The Kier molecular flexibility index (Phi) is 6.49. The number of ketones is 1. The molecule has 7 heteroatoms. The van der Waals surface area contributed by atoms with E-state index in [2.05, 4.69) is 31.3 Å². The average Bonchev–Trinajstić information content (AvgIpc) is 3.18. The summed E-state index contributed by atoms with van der Waals surface area (Å²) in [6.45, 7) is 1.06. The standard InChI is InChI=1S/C20H19BrN4O2/c21-18-6-4-17(5-7-18)19(26)8-9-20(27)23-11-15-2-1-3-16(10-15)12-25-14-22-13-24-25/h1-7,10,13-14H,8-9,11-12H2,(H,23,27). The Hall–Kier alpha value is -2.80. The Morgan fingerprint density at radius 3 is 2.56 bits per heavy atom. The van der Waals surface area contributed by atoms with Gasteiger partial charge in [-0.15, -0.1) is 0 Å². The van der Waals surface area contributed by atoms with Gasteiger partial charge in [0, 0.05) is 29.4 Å². The number of aromatic nitrogens is 3. The number of carbonyl (C=O) groups excluding carboxylic acids is 2. The second-order valence-electron chi connectivity index (χ2n) is 6.12. The van der Waals surface area contributed by atoms with E-state index in [0.29, 0.717) is 18.7 Å². The van der Waals surface area contributed by atoms with Crippen LogP contribution in [0.1, 0.15) is 34.3 Å². The van der Waals surface area contributed by atoms with Crippen LogP contribution in [0.2, 0.25) is 0 Å². The van der Waals surface area contributed by atoms with Crippen molar-refractivity contribution in [2.24, 2.45) is 0 Å². The minimum Gasteiger partial charge on any atom is -0.352 e. The summed E-state index contributed by atoms with van der Waals surface area (Å²) >= 11 is 3.34. The molecule has 1 amide bonds. The van der Waals surface area contributed by atoms with Crippen molar-refractivity contribution in [3.8, 4) is 0 Å². The van der Waals surface area contributed by atoms with Crippen molar-refractivity contribution >= 4 is 27.6 Å². The molecule has 3 rings (SSSR count). The molecule has 2 aromatic carbocycles. The number of hydrogen-bond acceptors (Lipinski definition) is 4. The Morgan fingerprint density at radius 2 is 1.81 bits per heavy atom. The molecule has 0 radical (unpaired) electrons. The van der Waals surface area contributed by atoms with Crippen molar-refractivity contribution in [3.63, 3.8) is 0 Å². The first kappa shape index (κ1) is 19.0. The molecule has 1 aromatic heterocycles. The van der Waals surface area contributed by atoms with Crippen molar-refractivity contribution in [1.82, 2.24) is 20.1 Å². The van der Waals surface area contributed by atoms with E-state index in [4.69, 9.17) is 0 Å². The molecule has 1 heterocycles. The van der Waals surface area contributed by atoms with Gasteiger partial charge in [0.15, 0.2) is 5.78 Å². The lowest BCUT2D eigenvalue weighted by Crippen LogP contribution is -2.23. The van der Waals surface area contributed by atoms with Crippen LogP contribution in [0.5, 0.6) is 0 Å². The number of nitrogens with zero attached hydrogens (tertiary/aromatic N) is 3. The van der Waals surface area contributed by atoms with E-state index in [-0.39, 0.29) is 24.5 Å². The number of nitrogens with one attached hydrogen (secondary N) is 1. The molecule has 0 unspecified atom stereocenters. The van der Waals surface area contributed by atoms with Gasteiger partial charge >= 0.3 is 0 Å². The van der Waals surface area contributed by atoms with Crippen LogP contribution in [0.25, 0.3) is 0 Å². The van der Waals surface area contributed by atoms with Crippen molar-refractivity contribution in [2.45, 2.75) is 25.9 Å². The fraction of sp³-hybridized carbons (Fsp3) is 0.200. The van der Waals surface area contributed by atoms with Gasteiger partial charge in [0.25, 0.3) is 0 Å². The highest BCUT2D eigenvalue weighted by Gasteiger charge is 2.09. The minimum atomic E-state index is -0.137. The van der Waals surface area contributed by atoms with E-state index >= 15 is 0 Å². The molecule has 3 aromatic rings. The normalized spacial score (nSPS) is 10.6. The molecule has 0 aliphatic carbocycles. The van der Waals surface area contributed by atoms with Crippen LogP contribution in [-0.2, 0) is 17.9 Å². The number of carbonyl (C=O) groups is 2. The van der Waals surface area contributed by atoms with Crippen LogP contribution >= 0.6 is 15.9 Å². The van der Waals surface area contributed by atoms with E-state index in [1.165, 1.54) is 6.33 Å². The quantitative estimate of drug-likeness (QED) is 0.560. The van der Waals surface area contributed by atoms with Crippen LogP contribution in [0, 0.1) is 0 Å². The van der Waals surface area contributed by atoms with Crippen molar-refractivity contribution in [1.29, 1.82) is 0 Å². The summed E-state index contributed by atoms with van der Waals surface area (Å²) in [7, 11) is 0. The van der Waals surface area contributed by atoms with E-state index in [1.807, 2.05) is 36.4 Å². The van der Waals surface area contributed by atoms with E-state index in [1.54, 1.807) is 23.1 Å². The van der Waals surface area contributed by atoms with Gasteiger partial charge in [0.05, 0.1) is 6.54 Å². The third kappa shape index (κ3) is 5.86. The van der Waals surface area contributed by atoms with E-state index in [0.717, 1.165) is 15.6 Å². The molecule has 0 aliphatic rings. The molecule has 0 saturated carbocycles. The number of rotatable bonds is 8. The van der Waals surface area contributed by atoms with Crippen molar-refractivity contribution in [3.05, 3.63) is 82.3 Å². The summed E-state index contributed by atoms with van der Waals surface area (Å²) in [6, 6.07) is 15.1. The lowest BCUT2D eigenvalue weighted by Gasteiger charge is -2.08. The predicted molar refractivity (Wildman–Crippen MR) is 105 cm³/mol. The SMILES string of the molecule is O=C(CCC(=O)c1ccc(Br)cc1)NCc1cccc(Cn2cncn2)c1. The zero-order valence-corrected chi connectivity index (χ0v) is 16.2. The maximum Gasteiger partial charge on any atom is 0.220 e. The number of hydrogen-bond donors (Lipinski definition) is 1. The van der Waals surface area contributed by atoms with Crippen molar-refractivity contribution < 1.29 is 9.59 Å². The van der Waals surface area contributed by atoms with Crippen LogP contribution in [0.15, 0.2) is 65.7 Å². The summed E-state index contributed by atoms with van der Waals surface area (Å²) in [5.41, 5.74) is 2.70. The highest BCUT2D eigenvalue weighted by atomic mass is 79.9. The van der Waals surface area contributed by atoms with Gasteiger partial charge in [-0.25, -0.2) is 9.67 Å². The monoisotopic (exact) mass is 426 g/mol. The summed E-state index contributed by atoms with van der Waals surface area (Å²) in [5, 5.41) is 6.95. The molecular weight excluding hydrogens is 408 g/mol. The Balaban J connectivity index is 1.46. The highest BCUT2D eigenvalue weighted by Crippen LogP contribution is 2.13. The molecule has 0 atom stereocenters. The minimum absolute atomic E-state index is 0.0347. The number of halogens is 1. The summed E-state index contributed by atoms with van der Waals surface area (Å²) in [6.07, 6.45) is 3.53. The maximum atomic E-state index is 12.1. The Bertz CT molecular complexity index is 908. The summed E-state index contributed by atoms with van der Waals surface area (Å²) in [5.74, 6) is -0.172. The van der Waals surface area contributed by atoms with Gasteiger partial charge in [-0.1, -0.05) is 52.3 Å². The third-order valence-electron chi connectivity index (χ3n) is 4.04. The third-order valence-corrected chi connectivity index (χ3v) is 4.57. The molecule has 0 saturated heterocycles. The maximum absolute atomic E-state index is 12.1. The lowest BCUT2D eigenvalue weighted by atomic mass is 10.1. The smallest absolute Gasteiger partial charge is 0.220 e. The second kappa shape index (κ2) is 9.23. The fourth-order valence-electron chi connectivity index (χ4n) is 2.64. The van der Waals surface area contributed by atoms with Crippen LogP contribution in [0.4, 0.5) is 0 Å².